The monoisotopic (exact) mass is 354 g/mol. The van der Waals surface area contributed by atoms with Crippen LogP contribution in [-0.4, -0.2) is 22.6 Å². The van der Waals surface area contributed by atoms with E-state index in [0.29, 0.717) is 17.9 Å². The lowest BCUT2D eigenvalue weighted by atomic mass is 9.85. The molecule has 2 aromatic carbocycles. The number of benzene rings is 2. The third-order valence-corrected chi connectivity index (χ3v) is 3.96. The summed E-state index contributed by atoms with van der Waals surface area (Å²) in [6.07, 6.45) is 4.02. The molecule has 0 fully saturated rings. The Labute approximate surface area is 154 Å². The predicted octanol–water partition coefficient (Wildman–Crippen LogP) is 5.08. The van der Waals surface area contributed by atoms with Gasteiger partial charge in [0.05, 0.1) is 6.61 Å². The number of ketones is 1. The maximum Gasteiger partial charge on any atom is 0.185 e. The van der Waals surface area contributed by atoms with E-state index in [4.69, 9.17) is 4.74 Å². The number of hydrogen-bond acceptors (Lipinski definition) is 4. The Morgan fingerprint density at radius 1 is 1.12 bits per heavy atom. The van der Waals surface area contributed by atoms with Crippen molar-refractivity contribution in [1.82, 2.24) is 0 Å². The molecule has 0 saturated carbocycles. The number of carbonyl (C=O) groups excluding carboxylic acids is 1. The number of phenols is 2. The third-order valence-electron chi connectivity index (χ3n) is 3.96. The lowest BCUT2D eigenvalue weighted by Gasteiger charge is -2.22. The van der Waals surface area contributed by atoms with E-state index < -0.39 is 0 Å². The smallest absolute Gasteiger partial charge is 0.185 e. The van der Waals surface area contributed by atoms with Crippen molar-refractivity contribution < 1.29 is 19.7 Å². The van der Waals surface area contributed by atoms with Crippen LogP contribution in [0.4, 0.5) is 0 Å². The molecule has 0 aliphatic carbocycles. The minimum absolute atomic E-state index is 0.120. The van der Waals surface area contributed by atoms with Gasteiger partial charge in [-0.25, -0.2) is 0 Å². The first-order chi connectivity index (χ1) is 12.2. The van der Waals surface area contributed by atoms with Crippen LogP contribution in [-0.2, 0) is 5.41 Å². The van der Waals surface area contributed by atoms with Gasteiger partial charge in [-0.2, -0.15) is 0 Å². The number of allylic oxidation sites excluding steroid dienone is 1. The van der Waals surface area contributed by atoms with Gasteiger partial charge in [-0.05, 0) is 54.3 Å². The number of hydrogen-bond donors (Lipinski definition) is 2. The normalized spacial score (nSPS) is 11.7. The lowest BCUT2D eigenvalue weighted by molar-refractivity contribution is 0.104. The van der Waals surface area contributed by atoms with E-state index in [1.165, 1.54) is 18.2 Å². The molecular weight excluding hydrogens is 328 g/mol. The molecular formula is C22H26O4. The molecule has 4 heteroatoms. The van der Waals surface area contributed by atoms with Crippen LogP contribution in [0.3, 0.4) is 0 Å². The number of rotatable bonds is 6. The molecule has 0 aliphatic heterocycles. The van der Waals surface area contributed by atoms with Crippen LogP contribution in [0.1, 0.15) is 55.6 Å². The average molecular weight is 354 g/mol. The standard InChI is InChI=1S/C22H26O4/c1-5-12-26-21-14-20(25)18(22(2,3)4)13-16(21)8-11-19(24)15-6-9-17(23)10-7-15/h6-11,13-14,23,25H,5,12H2,1-4H3/b11-8+. The zero-order chi connectivity index (χ0) is 19.3. The summed E-state index contributed by atoms with van der Waals surface area (Å²) in [6, 6.07) is 9.59. The summed E-state index contributed by atoms with van der Waals surface area (Å²) in [6.45, 7) is 8.59. The van der Waals surface area contributed by atoms with E-state index >= 15 is 0 Å². The Morgan fingerprint density at radius 3 is 2.35 bits per heavy atom. The van der Waals surface area contributed by atoms with Crippen molar-refractivity contribution in [3.8, 4) is 17.2 Å². The molecule has 2 aromatic rings. The highest BCUT2D eigenvalue weighted by Gasteiger charge is 2.20. The molecule has 0 unspecified atom stereocenters. The Bertz CT molecular complexity index is 796. The summed E-state index contributed by atoms with van der Waals surface area (Å²) < 4.78 is 5.73. The van der Waals surface area contributed by atoms with Gasteiger partial charge in [0.1, 0.15) is 17.2 Å². The molecule has 0 aromatic heterocycles. The Balaban J connectivity index is 2.38. The minimum atomic E-state index is -0.239. The zero-order valence-electron chi connectivity index (χ0n) is 15.7. The molecule has 138 valence electrons. The van der Waals surface area contributed by atoms with Crippen molar-refractivity contribution in [1.29, 1.82) is 0 Å². The Morgan fingerprint density at radius 2 is 1.77 bits per heavy atom. The van der Waals surface area contributed by atoms with Gasteiger partial charge in [-0.15, -0.1) is 0 Å². The van der Waals surface area contributed by atoms with Crippen molar-refractivity contribution in [3.05, 3.63) is 59.2 Å². The highest BCUT2D eigenvalue weighted by molar-refractivity contribution is 6.07. The van der Waals surface area contributed by atoms with Gasteiger partial charge < -0.3 is 14.9 Å². The summed E-state index contributed by atoms with van der Waals surface area (Å²) in [5.41, 5.74) is 1.79. The summed E-state index contributed by atoms with van der Waals surface area (Å²) in [4.78, 5) is 12.3. The largest absolute Gasteiger partial charge is 0.508 e. The molecule has 0 heterocycles. The zero-order valence-corrected chi connectivity index (χ0v) is 15.7. The maximum atomic E-state index is 12.3. The van der Waals surface area contributed by atoms with Crippen molar-refractivity contribution in [2.24, 2.45) is 0 Å². The van der Waals surface area contributed by atoms with Crippen LogP contribution < -0.4 is 4.74 Å². The topological polar surface area (TPSA) is 66.8 Å². The summed E-state index contributed by atoms with van der Waals surface area (Å²) >= 11 is 0. The van der Waals surface area contributed by atoms with E-state index in [1.807, 2.05) is 33.8 Å². The highest BCUT2D eigenvalue weighted by Crippen LogP contribution is 2.36. The second kappa shape index (κ2) is 8.09. The second-order valence-electron chi connectivity index (χ2n) is 7.25. The van der Waals surface area contributed by atoms with E-state index in [1.54, 1.807) is 24.3 Å². The van der Waals surface area contributed by atoms with E-state index in [2.05, 4.69) is 0 Å². The van der Waals surface area contributed by atoms with E-state index in [0.717, 1.165) is 17.5 Å². The van der Waals surface area contributed by atoms with Crippen molar-refractivity contribution in [2.45, 2.75) is 39.5 Å². The van der Waals surface area contributed by atoms with E-state index in [-0.39, 0.29) is 22.7 Å². The molecule has 0 atom stereocenters. The van der Waals surface area contributed by atoms with Gasteiger partial charge in [0, 0.05) is 22.8 Å². The lowest BCUT2D eigenvalue weighted by Crippen LogP contribution is -2.12. The third kappa shape index (κ3) is 4.88. The molecule has 0 radical (unpaired) electrons. The van der Waals surface area contributed by atoms with Crippen molar-refractivity contribution in [2.75, 3.05) is 6.61 Å². The number of ether oxygens (including phenoxy) is 1. The van der Waals surface area contributed by atoms with Gasteiger partial charge in [-0.1, -0.05) is 27.7 Å². The van der Waals surface area contributed by atoms with Gasteiger partial charge >= 0.3 is 0 Å². The minimum Gasteiger partial charge on any atom is -0.508 e. The average Bonchev–Trinajstić information content (AvgIpc) is 2.58. The first-order valence-electron chi connectivity index (χ1n) is 8.74. The fourth-order valence-electron chi connectivity index (χ4n) is 2.54. The first-order valence-corrected chi connectivity index (χ1v) is 8.74. The van der Waals surface area contributed by atoms with Crippen molar-refractivity contribution >= 4 is 11.9 Å². The molecule has 4 nitrogen and oxygen atoms in total. The molecule has 0 saturated heterocycles. The molecule has 0 aliphatic rings. The molecule has 2 N–H and O–H groups in total. The highest BCUT2D eigenvalue weighted by atomic mass is 16.5. The summed E-state index contributed by atoms with van der Waals surface area (Å²) in [7, 11) is 0. The SMILES string of the molecule is CCCOc1cc(O)c(C(C)(C)C)cc1/C=C/C(=O)c1ccc(O)cc1. The van der Waals surface area contributed by atoms with Gasteiger partial charge in [0.25, 0.3) is 0 Å². The first kappa shape index (κ1) is 19.6. The number of aromatic hydroxyl groups is 2. The Kier molecular flexibility index (Phi) is 6.09. The second-order valence-corrected chi connectivity index (χ2v) is 7.25. The van der Waals surface area contributed by atoms with Gasteiger partial charge in [0.15, 0.2) is 5.78 Å². The predicted molar refractivity (Wildman–Crippen MR) is 104 cm³/mol. The molecule has 26 heavy (non-hydrogen) atoms. The molecule has 0 spiro atoms. The van der Waals surface area contributed by atoms with Crippen LogP contribution in [0, 0.1) is 0 Å². The van der Waals surface area contributed by atoms with Crippen LogP contribution >= 0.6 is 0 Å². The summed E-state index contributed by atoms with van der Waals surface area (Å²) in [5.74, 6) is 0.684. The van der Waals surface area contributed by atoms with Crippen LogP contribution in [0.2, 0.25) is 0 Å². The molecule has 0 amide bonds. The van der Waals surface area contributed by atoms with Gasteiger partial charge in [-0.3, -0.25) is 4.79 Å². The quantitative estimate of drug-likeness (QED) is 0.561. The number of carbonyl (C=O) groups is 1. The fraction of sp³-hybridized carbons (Fsp3) is 0.318. The fourth-order valence-corrected chi connectivity index (χ4v) is 2.54. The van der Waals surface area contributed by atoms with Crippen LogP contribution in [0.5, 0.6) is 17.2 Å². The van der Waals surface area contributed by atoms with Crippen LogP contribution in [0.25, 0.3) is 6.08 Å². The Hall–Kier alpha value is -2.75. The molecule has 0 bridgehead atoms. The van der Waals surface area contributed by atoms with Crippen LogP contribution in [0.15, 0.2) is 42.5 Å². The van der Waals surface area contributed by atoms with Crippen molar-refractivity contribution in [3.63, 3.8) is 0 Å². The van der Waals surface area contributed by atoms with E-state index in [9.17, 15) is 15.0 Å². The molecule has 2 rings (SSSR count). The van der Waals surface area contributed by atoms with Gasteiger partial charge in [0.2, 0.25) is 0 Å². The number of phenolic OH excluding ortho intramolecular Hbond substituents is 2. The summed E-state index contributed by atoms with van der Waals surface area (Å²) in [5, 5.41) is 19.7. The maximum absolute atomic E-state index is 12.3.